The number of aryl methyl sites for hydroxylation is 1. The second-order valence-corrected chi connectivity index (χ2v) is 4.64. The van der Waals surface area contributed by atoms with Crippen LogP contribution in [0.5, 0.6) is 0 Å². The lowest BCUT2D eigenvalue weighted by Crippen LogP contribution is -2.05. The van der Waals surface area contributed by atoms with Gasteiger partial charge in [0.1, 0.15) is 17.2 Å². The lowest BCUT2D eigenvalue weighted by Gasteiger charge is -2.10. The first-order valence-corrected chi connectivity index (χ1v) is 6.26. The van der Waals surface area contributed by atoms with Gasteiger partial charge in [0.15, 0.2) is 0 Å². The maximum Gasteiger partial charge on any atom is 0.341 e. The van der Waals surface area contributed by atoms with Crippen LogP contribution in [0.3, 0.4) is 0 Å². The van der Waals surface area contributed by atoms with Gasteiger partial charge in [-0.05, 0) is 47.9 Å². The minimum atomic E-state index is -1.67. The van der Waals surface area contributed by atoms with E-state index in [1.165, 1.54) is 25.3 Å². The molecule has 0 atom stereocenters. The topological polar surface area (TPSA) is 63.6 Å². The molecule has 0 bridgehead atoms. The van der Waals surface area contributed by atoms with Crippen molar-refractivity contribution in [3.05, 3.63) is 58.7 Å². The van der Waals surface area contributed by atoms with Crippen molar-refractivity contribution in [1.82, 2.24) is 0 Å². The number of aromatic carboxylic acids is 1. The van der Waals surface area contributed by atoms with E-state index in [0.717, 1.165) is 12.1 Å². The van der Waals surface area contributed by atoms with Crippen molar-refractivity contribution in [3.8, 4) is 11.1 Å². The molecule has 0 amide bonds. The van der Waals surface area contributed by atoms with E-state index in [0.29, 0.717) is 16.7 Å². The molecule has 22 heavy (non-hydrogen) atoms. The second-order valence-electron chi connectivity index (χ2n) is 4.64. The summed E-state index contributed by atoms with van der Waals surface area (Å²) >= 11 is 0. The summed E-state index contributed by atoms with van der Waals surface area (Å²) in [5.41, 5.74) is 0.598. The third-order valence-corrected chi connectivity index (χ3v) is 3.21. The average Bonchev–Trinajstić information content (AvgIpc) is 2.44. The molecule has 2 aromatic rings. The largest absolute Gasteiger partial charge is 0.477 e. The highest BCUT2D eigenvalue weighted by atomic mass is 19.1. The summed E-state index contributed by atoms with van der Waals surface area (Å²) in [5.74, 6) is -4.49. The molecule has 2 rings (SSSR count). The highest BCUT2D eigenvalue weighted by Crippen LogP contribution is 2.28. The molecule has 0 radical (unpaired) electrons. The molecular weight excluding hydrogens is 294 g/mol. The van der Waals surface area contributed by atoms with Crippen molar-refractivity contribution >= 4 is 11.9 Å². The summed E-state index contributed by atoms with van der Waals surface area (Å²) in [6.07, 6.45) is 0. The molecule has 0 spiro atoms. The van der Waals surface area contributed by atoms with Crippen LogP contribution in [0, 0.1) is 18.6 Å². The van der Waals surface area contributed by atoms with Gasteiger partial charge in [-0.1, -0.05) is 6.07 Å². The fraction of sp³-hybridized carbons (Fsp3) is 0.125. The van der Waals surface area contributed by atoms with Gasteiger partial charge < -0.3 is 9.84 Å². The lowest BCUT2D eigenvalue weighted by molar-refractivity contribution is 0.0599. The Balaban J connectivity index is 2.53. The monoisotopic (exact) mass is 306 g/mol. The third kappa shape index (κ3) is 2.81. The number of carbonyl (C=O) groups excluding carboxylic acids is 1. The standard InChI is InChI=1S/C16H12F2O4/c1-8-5-9(16(21)22-2)3-4-11(8)10-6-12(17)14(15(19)20)13(18)7-10/h3-7H,1-2H3,(H,19,20). The van der Waals surface area contributed by atoms with Gasteiger partial charge in [0, 0.05) is 0 Å². The number of carbonyl (C=O) groups is 2. The van der Waals surface area contributed by atoms with Crippen molar-refractivity contribution in [2.24, 2.45) is 0 Å². The van der Waals surface area contributed by atoms with Crippen LogP contribution >= 0.6 is 0 Å². The summed E-state index contributed by atoms with van der Waals surface area (Å²) in [4.78, 5) is 22.2. The molecule has 2 aromatic carbocycles. The number of carboxylic acid groups (broad SMARTS) is 1. The minimum Gasteiger partial charge on any atom is -0.477 e. The van der Waals surface area contributed by atoms with Crippen LogP contribution in [0.2, 0.25) is 0 Å². The number of halogens is 2. The van der Waals surface area contributed by atoms with Crippen LogP contribution in [0.15, 0.2) is 30.3 Å². The van der Waals surface area contributed by atoms with Crippen molar-refractivity contribution in [1.29, 1.82) is 0 Å². The van der Waals surface area contributed by atoms with E-state index in [4.69, 9.17) is 5.11 Å². The fourth-order valence-corrected chi connectivity index (χ4v) is 2.17. The van der Waals surface area contributed by atoms with Crippen molar-refractivity contribution in [2.75, 3.05) is 7.11 Å². The molecule has 1 N–H and O–H groups in total. The molecule has 0 saturated carbocycles. The molecule has 0 aliphatic heterocycles. The predicted molar refractivity (Wildman–Crippen MR) is 74.8 cm³/mol. The van der Waals surface area contributed by atoms with Gasteiger partial charge in [-0.3, -0.25) is 0 Å². The molecule has 0 aromatic heterocycles. The van der Waals surface area contributed by atoms with Crippen LogP contribution in [0.1, 0.15) is 26.3 Å². The van der Waals surface area contributed by atoms with E-state index >= 15 is 0 Å². The van der Waals surface area contributed by atoms with Gasteiger partial charge in [-0.15, -0.1) is 0 Å². The quantitative estimate of drug-likeness (QED) is 0.882. The molecule has 0 heterocycles. The Labute approximate surface area is 125 Å². The maximum absolute atomic E-state index is 13.7. The van der Waals surface area contributed by atoms with E-state index in [1.54, 1.807) is 6.92 Å². The van der Waals surface area contributed by atoms with Crippen LogP contribution in [0.25, 0.3) is 11.1 Å². The van der Waals surface area contributed by atoms with Crippen molar-refractivity contribution in [3.63, 3.8) is 0 Å². The molecule has 0 saturated heterocycles. The first-order chi connectivity index (χ1) is 10.3. The molecule has 0 aliphatic rings. The Morgan fingerprint density at radius 2 is 1.68 bits per heavy atom. The number of carboxylic acids is 1. The first kappa shape index (κ1) is 15.6. The van der Waals surface area contributed by atoms with E-state index < -0.39 is 29.1 Å². The number of hydrogen-bond acceptors (Lipinski definition) is 3. The van der Waals surface area contributed by atoms with Crippen molar-refractivity contribution in [2.45, 2.75) is 6.92 Å². The van der Waals surface area contributed by atoms with E-state index in [2.05, 4.69) is 4.74 Å². The van der Waals surface area contributed by atoms with Crippen LogP contribution in [0.4, 0.5) is 8.78 Å². The zero-order chi connectivity index (χ0) is 16.4. The van der Waals surface area contributed by atoms with Gasteiger partial charge >= 0.3 is 11.9 Å². The summed E-state index contributed by atoms with van der Waals surface area (Å²) in [6, 6.07) is 6.42. The molecule has 0 unspecified atom stereocenters. The van der Waals surface area contributed by atoms with Crippen molar-refractivity contribution < 1.29 is 28.2 Å². The Morgan fingerprint density at radius 1 is 1.09 bits per heavy atom. The summed E-state index contributed by atoms with van der Waals surface area (Å²) in [5, 5.41) is 8.76. The molecule has 0 aliphatic carbocycles. The fourth-order valence-electron chi connectivity index (χ4n) is 2.17. The van der Waals surface area contributed by atoms with E-state index in [9.17, 15) is 18.4 Å². The Hall–Kier alpha value is -2.76. The number of benzene rings is 2. The molecule has 6 heteroatoms. The van der Waals surface area contributed by atoms with E-state index in [1.807, 2.05) is 0 Å². The Bertz CT molecular complexity index is 746. The lowest BCUT2D eigenvalue weighted by atomic mass is 9.97. The minimum absolute atomic E-state index is 0.189. The molecule has 114 valence electrons. The van der Waals surface area contributed by atoms with Gasteiger partial charge in [0.25, 0.3) is 0 Å². The van der Waals surface area contributed by atoms with Gasteiger partial charge in [0.05, 0.1) is 12.7 Å². The van der Waals surface area contributed by atoms with Crippen LogP contribution in [-0.2, 0) is 4.74 Å². The summed E-state index contributed by atoms with van der Waals surface area (Å²) < 4.78 is 32.1. The highest BCUT2D eigenvalue weighted by Gasteiger charge is 2.19. The number of hydrogen-bond donors (Lipinski definition) is 1. The Kier molecular flexibility index (Phi) is 4.21. The predicted octanol–water partition coefficient (Wildman–Crippen LogP) is 3.43. The summed E-state index contributed by atoms with van der Waals surface area (Å²) in [6.45, 7) is 1.67. The second kappa shape index (κ2) is 5.93. The number of methoxy groups -OCH3 is 1. The van der Waals surface area contributed by atoms with E-state index in [-0.39, 0.29) is 5.56 Å². The molecule has 0 fully saturated rings. The smallest absolute Gasteiger partial charge is 0.341 e. The molecule has 4 nitrogen and oxygen atoms in total. The number of rotatable bonds is 3. The van der Waals surface area contributed by atoms with Crippen LogP contribution in [-0.4, -0.2) is 24.2 Å². The normalized spacial score (nSPS) is 10.4. The average molecular weight is 306 g/mol. The highest BCUT2D eigenvalue weighted by molar-refractivity contribution is 5.91. The third-order valence-electron chi connectivity index (χ3n) is 3.21. The van der Waals surface area contributed by atoms with Crippen LogP contribution < -0.4 is 0 Å². The zero-order valence-corrected chi connectivity index (χ0v) is 11.8. The number of ether oxygens (including phenoxy) is 1. The zero-order valence-electron chi connectivity index (χ0n) is 11.8. The summed E-state index contributed by atoms with van der Waals surface area (Å²) in [7, 11) is 1.25. The van der Waals surface area contributed by atoms with Gasteiger partial charge in [-0.25, -0.2) is 18.4 Å². The Morgan fingerprint density at radius 3 is 2.14 bits per heavy atom. The SMILES string of the molecule is COC(=O)c1ccc(-c2cc(F)c(C(=O)O)c(F)c2)c(C)c1. The maximum atomic E-state index is 13.7. The van der Waals surface area contributed by atoms with Gasteiger partial charge in [0.2, 0.25) is 0 Å². The molecular formula is C16H12F2O4. The van der Waals surface area contributed by atoms with Gasteiger partial charge in [-0.2, -0.15) is 0 Å². The number of esters is 1. The first-order valence-electron chi connectivity index (χ1n) is 6.26.